The standard InChI is InChI=1S/C17H25N3O/c1-2-18-17(21)11-13-3-5-15(6-4-13)19-16-12-20-9-7-14(16)8-10-20/h3-6,14,16,19H,2,7-12H2,1H3,(H,18,21). The zero-order chi connectivity index (χ0) is 14.7. The van der Waals surface area contributed by atoms with E-state index in [0.717, 1.165) is 11.5 Å². The molecule has 2 N–H and O–H groups in total. The summed E-state index contributed by atoms with van der Waals surface area (Å²) in [6.45, 7) is 6.35. The molecule has 3 saturated heterocycles. The Hall–Kier alpha value is -1.55. The summed E-state index contributed by atoms with van der Waals surface area (Å²) >= 11 is 0. The van der Waals surface area contributed by atoms with Gasteiger partial charge < -0.3 is 15.5 Å². The first-order valence-corrected chi connectivity index (χ1v) is 8.09. The molecule has 1 unspecified atom stereocenters. The van der Waals surface area contributed by atoms with Gasteiger partial charge in [0, 0.05) is 24.8 Å². The summed E-state index contributed by atoms with van der Waals surface area (Å²) in [5, 5.41) is 6.51. The maximum absolute atomic E-state index is 11.6. The average Bonchev–Trinajstić information content (AvgIpc) is 2.51. The molecule has 3 aliphatic rings. The number of anilines is 1. The molecule has 1 aromatic rings. The first kappa shape index (κ1) is 14.4. The van der Waals surface area contributed by atoms with Crippen molar-refractivity contribution in [2.45, 2.75) is 32.2 Å². The molecule has 3 aliphatic heterocycles. The van der Waals surface area contributed by atoms with E-state index in [1.807, 2.05) is 6.92 Å². The number of amides is 1. The molecule has 21 heavy (non-hydrogen) atoms. The van der Waals surface area contributed by atoms with Crippen molar-refractivity contribution in [1.82, 2.24) is 10.2 Å². The number of benzene rings is 1. The minimum atomic E-state index is 0.0931. The fraction of sp³-hybridized carbons (Fsp3) is 0.588. The van der Waals surface area contributed by atoms with E-state index in [9.17, 15) is 4.79 Å². The van der Waals surface area contributed by atoms with Crippen LogP contribution in [0.2, 0.25) is 0 Å². The Kier molecular flexibility index (Phi) is 4.44. The van der Waals surface area contributed by atoms with Crippen LogP contribution in [0.15, 0.2) is 24.3 Å². The predicted octanol–water partition coefficient (Wildman–Crippen LogP) is 1.87. The number of carbonyl (C=O) groups excluding carboxylic acids is 1. The maximum Gasteiger partial charge on any atom is 0.224 e. The smallest absolute Gasteiger partial charge is 0.224 e. The van der Waals surface area contributed by atoms with E-state index in [1.54, 1.807) is 0 Å². The first-order valence-electron chi connectivity index (χ1n) is 8.09. The third-order valence-electron chi connectivity index (χ3n) is 4.70. The number of fused-ring (bicyclic) bond motifs is 3. The monoisotopic (exact) mass is 287 g/mol. The van der Waals surface area contributed by atoms with Gasteiger partial charge in [-0.2, -0.15) is 0 Å². The number of hydrogen-bond donors (Lipinski definition) is 2. The largest absolute Gasteiger partial charge is 0.381 e. The molecule has 0 saturated carbocycles. The Morgan fingerprint density at radius 1 is 1.24 bits per heavy atom. The van der Waals surface area contributed by atoms with E-state index in [1.165, 1.54) is 38.2 Å². The second kappa shape index (κ2) is 6.48. The Bertz CT molecular complexity index is 477. The summed E-state index contributed by atoms with van der Waals surface area (Å²) in [5.74, 6) is 0.917. The van der Waals surface area contributed by atoms with Gasteiger partial charge in [0.2, 0.25) is 5.91 Å². The van der Waals surface area contributed by atoms with Gasteiger partial charge in [-0.3, -0.25) is 4.79 Å². The van der Waals surface area contributed by atoms with Gasteiger partial charge in [0.1, 0.15) is 0 Å². The summed E-state index contributed by atoms with van der Waals surface area (Å²) in [5.41, 5.74) is 2.24. The van der Waals surface area contributed by atoms with Crippen molar-refractivity contribution < 1.29 is 4.79 Å². The third kappa shape index (κ3) is 3.56. The van der Waals surface area contributed by atoms with Crippen molar-refractivity contribution >= 4 is 11.6 Å². The van der Waals surface area contributed by atoms with Gasteiger partial charge in [-0.1, -0.05) is 12.1 Å². The zero-order valence-electron chi connectivity index (χ0n) is 12.8. The third-order valence-corrected chi connectivity index (χ3v) is 4.70. The second-order valence-corrected chi connectivity index (χ2v) is 6.22. The molecule has 0 aromatic heterocycles. The van der Waals surface area contributed by atoms with Crippen molar-refractivity contribution in [3.05, 3.63) is 29.8 Å². The van der Waals surface area contributed by atoms with Crippen LogP contribution < -0.4 is 10.6 Å². The predicted molar refractivity (Wildman–Crippen MR) is 85.4 cm³/mol. The molecule has 1 aromatic carbocycles. The maximum atomic E-state index is 11.6. The van der Waals surface area contributed by atoms with Crippen molar-refractivity contribution in [3.8, 4) is 0 Å². The first-order chi connectivity index (χ1) is 10.2. The van der Waals surface area contributed by atoms with E-state index in [-0.39, 0.29) is 5.91 Å². The summed E-state index contributed by atoms with van der Waals surface area (Å²) in [6.07, 6.45) is 3.12. The fourth-order valence-corrected chi connectivity index (χ4v) is 3.51. The fourth-order valence-electron chi connectivity index (χ4n) is 3.51. The van der Waals surface area contributed by atoms with Crippen LogP contribution in [0.25, 0.3) is 0 Å². The number of nitrogens with zero attached hydrogens (tertiary/aromatic N) is 1. The molecule has 0 spiro atoms. The molecule has 4 heteroatoms. The van der Waals surface area contributed by atoms with Gasteiger partial charge >= 0.3 is 0 Å². The van der Waals surface area contributed by atoms with Crippen LogP contribution in [-0.4, -0.2) is 43.0 Å². The summed E-state index contributed by atoms with van der Waals surface area (Å²) in [4.78, 5) is 14.1. The second-order valence-electron chi connectivity index (χ2n) is 6.22. The Morgan fingerprint density at radius 3 is 2.52 bits per heavy atom. The molecule has 1 atom stereocenters. The van der Waals surface area contributed by atoms with Crippen LogP contribution in [0.1, 0.15) is 25.3 Å². The molecular formula is C17H25N3O. The quantitative estimate of drug-likeness (QED) is 0.869. The van der Waals surface area contributed by atoms with Crippen molar-refractivity contribution in [2.24, 2.45) is 5.92 Å². The summed E-state index contributed by atoms with van der Waals surface area (Å²) in [7, 11) is 0. The molecule has 114 valence electrons. The number of carbonyl (C=O) groups is 1. The van der Waals surface area contributed by atoms with Gasteiger partial charge in [-0.05, 0) is 56.5 Å². The highest BCUT2D eigenvalue weighted by molar-refractivity contribution is 5.78. The van der Waals surface area contributed by atoms with Crippen molar-refractivity contribution in [1.29, 1.82) is 0 Å². The average molecular weight is 287 g/mol. The van der Waals surface area contributed by atoms with Crippen LogP contribution in [0.3, 0.4) is 0 Å². The highest BCUT2D eigenvalue weighted by atomic mass is 16.1. The highest BCUT2D eigenvalue weighted by Crippen LogP contribution is 2.29. The number of rotatable bonds is 5. The minimum Gasteiger partial charge on any atom is -0.381 e. The normalized spacial score (nSPS) is 27.4. The number of piperidine rings is 3. The molecule has 4 nitrogen and oxygen atoms in total. The lowest BCUT2D eigenvalue weighted by atomic mass is 9.84. The Balaban J connectivity index is 1.56. The molecule has 4 rings (SSSR count). The highest BCUT2D eigenvalue weighted by Gasteiger charge is 2.33. The number of likely N-dealkylation sites (N-methyl/N-ethyl adjacent to an activating group) is 1. The zero-order valence-corrected chi connectivity index (χ0v) is 12.8. The molecule has 0 aliphatic carbocycles. The lowest BCUT2D eigenvalue weighted by Gasteiger charge is -2.45. The van der Waals surface area contributed by atoms with E-state index in [4.69, 9.17) is 0 Å². The molecular weight excluding hydrogens is 262 g/mol. The van der Waals surface area contributed by atoms with Gasteiger partial charge in [-0.25, -0.2) is 0 Å². The number of nitrogens with one attached hydrogen (secondary N) is 2. The van der Waals surface area contributed by atoms with Crippen LogP contribution in [0.4, 0.5) is 5.69 Å². The lowest BCUT2D eigenvalue weighted by molar-refractivity contribution is -0.120. The molecule has 2 bridgehead atoms. The van der Waals surface area contributed by atoms with Crippen LogP contribution in [0, 0.1) is 5.92 Å². The summed E-state index contributed by atoms with van der Waals surface area (Å²) < 4.78 is 0. The van der Waals surface area contributed by atoms with E-state index < -0.39 is 0 Å². The lowest BCUT2D eigenvalue weighted by Crippen LogP contribution is -2.53. The van der Waals surface area contributed by atoms with E-state index in [2.05, 4.69) is 39.8 Å². The van der Waals surface area contributed by atoms with Crippen LogP contribution in [0.5, 0.6) is 0 Å². The minimum absolute atomic E-state index is 0.0931. The van der Waals surface area contributed by atoms with Gasteiger partial charge in [0.15, 0.2) is 0 Å². The molecule has 3 fully saturated rings. The van der Waals surface area contributed by atoms with E-state index >= 15 is 0 Å². The molecule has 0 radical (unpaired) electrons. The SMILES string of the molecule is CCNC(=O)Cc1ccc(NC2CN3CCC2CC3)cc1. The van der Waals surface area contributed by atoms with Crippen molar-refractivity contribution in [3.63, 3.8) is 0 Å². The number of hydrogen-bond acceptors (Lipinski definition) is 3. The van der Waals surface area contributed by atoms with Gasteiger partial charge in [-0.15, -0.1) is 0 Å². The summed E-state index contributed by atoms with van der Waals surface area (Å²) in [6, 6.07) is 8.90. The van der Waals surface area contributed by atoms with Crippen molar-refractivity contribution in [2.75, 3.05) is 31.5 Å². The Morgan fingerprint density at radius 2 is 1.95 bits per heavy atom. The topological polar surface area (TPSA) is 44.4 Å². The van der Waals surface area contributed by atoms with Crippen LogP contribution >= 0.6 is 0 Å². The molecule has 3 heterocycles. The van der Waals surface area contributed by atoms with Crippen LogP contribution in [-0.2, 0) is 11.2 Å². The molecule has 1 amide bonds. The van der Waals surface area contributed by atoms with Gasteiger partial charge in [0.25, 0.3) is 0 Å². The van der Waals surface area contributed by atoms with Gasteiger partial charge in [0.05, 0.1) is 6.42 Å². The van der Waals surface area contributed by atoms with E-state index in [0.29, 0.717) is 19.0 Å². The Labute approximate surface area is 126 Å².